The zero-order valence-electron chi connectivity index (χ0n) is 11.9. The van der Waals surface area contributed by atoms with Crippen molar-refractivity contribution in [3.8, 4) is 5.75 Å². The van der Waals surface area contributed by atoms with Gasteiger partial charge in [0.15, 0.2) is 0 Å². The molecule has 0 amide bonds. The average Bonchev–Trinajstić information content (AvgIpc) is 2.38. The minimum atomic E-state index is -0.617. The van der Waals surface area contributed by atoms with Crippen molar-refractivity contribution in [3.05, 3.63) is 29.8 Å². The molecule has 19 heavy (non-hydrogen) atoms. The van der Waals surface area contributed by atoms with E-state index in [-0.39, 0.29) is 5.92 Å². The van der Waals surface area contributed by atoms with E-state index >= 15 is 0 Å². The number of aliphatic hydroxyl groups is 1. The van der Waals surface area contributed by atoms with Gasteiger partial charge < -0.3 is 0 Å². The zero-order chi connectivity index (χ0) is 13.9. The van der Waals surface area contributed by atoms with E-state index in [0.29, 0.717) is 5.75 Å². The van der Waals surface area contributed by atoms with Gasteiger partial charge in [0.05, 0.1) is 0 Å². The third-order valence-electron chi connectivity index (χ3n) is 4.16. The van der Waals surface area contributed by atoms with Crippen LogP contribution in [0.3, 0.4) is 0 Å². The van der Waals surface area contributed by atoms with E-state index in [4.69, 9.17) is 0 Å². The van der Waals surface area contributed by atoms with Crippen LogP contribution in [-0.2, 0) is 0 Å². The number of aromatic hydroxyl groups is 1. The van der Waals surface area contributed by atoms with Crippen molar-refractivity contribution < 1.29 is 10.2 Å². The second-order valence-corrected chi connectivity index (χ2v) is 10.8. The number of phenolic OH excluding ortho intramolecular Hbond substituents is 1. The molecule has 1 fully saturated rings. The summed E-state index contributed by atoms with van der Waals surface area (Å²) >= 11 is -0.617. The van der Waals surface area contributed by atoms with Crippen molar-refractivity contribution >= 4 is 13.9 Å². The molecule has 1 aromatic rings. The quantitative estimate of drug-likeness (QED) is 0.822. The van der Waals surface area contributed by atoms with Crippen molar-refractivity contribution in [1.29, 1.82) is 0 Å². The first-order valence-electron chi connectivity index (χ1n) is 7.07. The van der Waals surface area contributed by atoms with Crippen LogP contribution in [0.1, 0.15) is 43.6 Å². The van der Waals surface area contributed by atoms with Crippen LogP contribution in [0.15, 0.2) is 24.3 Å². The molecule has 0 aromatic heterocycles. The van der Waals surface area contributed by atoms with Gasteiger partial charge in [-0.25, -0.2) is 0 Å². The van der Waals surface area contributed by atoms with E-state index < -0.39 is 19.5 Å². The first-order chi connectivity index (χ1) is 9.01. The summed E-state index contributed by atoms with van der Waals surface area (Å²) in [6.07, 6.45) is 5.39. The topological polar surface area (TPSA) is 40.5 Å². The Morgan fingerprint density at radius 2 is 1.68 bits per heavy atom. The predicted molar refractivity (Wildman–Crippen MR) is 81.2 cm³/mol. The van der Waals surface area contributed by atoms with Crippen LogP contribution in [-0.4, -0.2) is 29.7 Å². The molecule has 1 aromatic carbocycles. The molecular formula is C16H25O2Se+. The molecule has 2 N–H and O–H groups in total. The van der Waals surface area contributed by atoms with Gasteiger partial charge in [0.2, 0.25) is 0 Å². The molecule has 0 radical (unpaired) electrons. The monoisotopic (exact) mass is 329 g/mol. The van der Waals surface area contributed by atoms with Gasteiger partial charge in [0, 0.05) is 0 Å². The summed E-state index contributed by atoms with van der Waals surface area (Å²) in [4.78, 5) is 0. The molecule has 0 spiro atoms. The summed E-state index contributed by atoms with van der Waals surface area (Å²) in [5.41, 5.74) is 0.669. The van der Waals surface area contributed by atoms with Crippen LogP contribution >= 0.6 is 0 Å². The summed E-state index contributed by atoms with van der Waals surface area (Å²) in [6.45, 7) is 0. The van der Waals surface area contributed by atoms with Gasteiger partial charge in [-0.05, 0) is 0 Å². The fourth-order valence-corrected chi connectivity index (χ4v) is 5.57. The van der Waals surface area contributed by atoms with Gasteiger partial charge in [-0.1, -0.05) is 0 Å². The molecular weight excluding hydrogens is 303 g/mol. The third-order valence-corrected chi connectivity index (χ3v) is 6.26. The van der Waals surface area contributed by atoms with E-state index in [1.54, 1.807) is 12.1 Å². The van der Waals surface area contributed by atoms with Crippen LogP contribution in [0.5, 0.6) is 5.75 Å². The Morgan fingerprint density at radius 3 is 2.21 bits per heavy atom. The number of hydrogen-bond donors (Lipinski definition) is 2. The standard InChI is InChI=1S/C16H24O2Se/c1-19(2)12-15(13-6-8-14(17)9-7-13)16(18)10-4-3-5-11-16/h6-9,15,18H,3-5,10-12H2,1-2H3/p+1. The molecule has 2 nitrogen and oxygen atoms in total. The summed E-state index contributed by atoms with van der Waals surface area (Å²) in [6, 6.07) is 7.46. The second kappa shape index (κ2) is 6.30. The van der Waals surface area contributed by atoms with Crippen LogP contribution in [0.2, 0.25) is 17.0 Å². The minimum absolute atomic E-state index is 0.244. The first-order valence-corrected chi connectivity index (χ1v) is 11.7. The van der Waals surface area contributed by atoms with Crippen molar-refractivity contribution in [2.45, 2.75) is 60.6 Å². The number of benzene rings is 1. The van der Waals surface area contributed by atoms with Gasteiger partial charge >= 0.3 is 120 Å². The van der Waals surface area contributed by atoms with Gasteiger partial charge in [-0.3, -0.25) is 0 Å². The molecule has 1 aliphatic rings. The van der Waals surface area contributed by atoms with E-state index in [1.807, 2.05) is 12.1 Å². The van der Waals surface area contributed by atoms with Crippen molar-refractivity contribution in [1.82, 2.24) is 0 Å². The van der Waals surface area contributed by atoms with E-state index in [9.17, 15) is 10.2 Å². The number of rotatable bonds is 4. The van der Waals surface area contributed by atoms with Crippen LogP contribution in [0.4, 0.5) is 0 Å². The molecule has 3 heteroatoms. The van der Waals surface area contributed by atoms with Crippen LogP contribution in [0, 0.1) is 0 Å². The molecule has 0 saturated heterocycles. The maximum atomic E-state index is 11.1. The third kappa shape index (κ3) is 3.75. The molecule has 0 aliphatic heterocycles. The van der Waals surface area contributed by atoms with E-state index in [2.05, 4.69) is 11.6 Å². The fourth-order valence-electron chi connectivity index (χ4n) is 3.11. The van der Waals surface area contributed by atoms with Crippen molar-refractivity contribution in [2.24, 2.45) is 0 Å². The SMILES string of the molecule is C[Se+](C)CC(c1ccc(O)cc1)C1(O)CCCCC1. The van der Waals surface area contributed by atoms with Crippen molar-refractivity contribution in [2.75, 3.05) is 0 Å². The maximum absolute atomic E-state index is 11.1. The Labute approximate surface area is 120 Å². The summed E-state index contributed by atoms with van der Waals surface area (Å²) in [7, 11) is 0. The van der Waals surface area contributed by atoms with E-state index in [1.165, 1.54) is 12.0 Å². The molecule has 106 valence electrons. The van der Waals surface area contributed by atoms with Gasteiger partial charge in [-0.2, -0.15) is 0 Å². The molecule has 0 heterocycles. The Balaban J connectivity index is 2.26. The summed E-state index contributed by atoms with van der Waals surface area (Å²) in [5, 5.41) is 21.6. The molecule has 1 saturated carbocycles. The fraction of sp³-hybridized carbons (Fsp3) is 0.625. The van der Waals surface area contributed by atoms with Crippen LogP contribution < -0.4 is 0 Å². The molecule has 0 bridgehead atoms. The van der Waals surface area contributed by atoms with Gasteiger partial charge in [0.1, 0.15) is 0 Å². The normalized spacial score (nSPS) is 20.4. The second-order valence-electron chi connectivity index (χ2n) is 5.96. The average molecular weight is 328 g/mol. The molecule has 2 rings (SSSR count). The Morgan fingerprint density at radius 1 is 1.11 bits per heavy atom. The zero-order valence-corrected chi connectivity index (χ0v) is 13.6. The van der Waals surface area contributed by atoms with Gasteiger partial charge in [-0.15, -0.1) is 0 Å². The number of phenols is 1. The Bertz CT molecular complexity index is 394. The predicted octanol–water partition coefficient (Wildman–Crippen LogP) is 3.93. The molecule has 1 unspecified atom stereocenters. The van der Waals surface area contributed by atoms with Gasteiger partial charge in [0.25, 0.3) is 0 Å². The first kappa shape index (κ1) is 14.9. The van der Waals surface area contributed by atoms with Crippen molar-refractivity contribution in [3.63, 3.8) is 0 Å². The molecule has 1 aliphatic carbocycles. The molecule has 1 atom stereocenters. The van der Waals surface area contributed by atoms with E-state index in [0.717, 1.165) is 31.0 Å². The summed E-state index contributed by atoms with van der Waals surface area (Å²) < 4.78 is 0. The van der Waals surface area contributed by atoms with Crippen LogP contribution in [0.25, 0.3) is 0 Å². The Kier molecular flexibility index (Phi) is 4.94. The Hall–Kier alpha value is -0.501. The number of hydrogen-bond acceptors (Lipinski definition) is 2. The summed E-state index contributed by atoms with van der Waals surface area (Å²) in [5.74, 6) is 5.21.